The van der Waals surface area contributed by atoms with Gasteiger partial charge in [0.15, 0.2) is 55.0 Å². The SMILES string of the molecule is CC(=O)OC[C@H]1O[C@@H](/N=C(\N[C@@H]2O[C@H](COC(C)=O)[C@@H](OC(C)=O)[C@H](OC(C)=O)[C@H]2OC(C)=O)N2CCCCC2)[C@H](OC(C)=O)[C@@H](OC(C)=O)[C@@H]1OC(C)=O. The van der Waals surface area contributed by atoms with E-state index in [9.17, 15) is 38.4 Å². The maximum absolute atomic E-state index is 12.5. The minimum absolute atomic E-state index is 0.0125. The number of nitrogens with zero attached hydrogens (tertiary/aromatic N) is 2. The van der Waals surface area contributed by atoms with E-state index in [0.717, 1.165) is 61.8 Å². The largest absolute Gasteiger partial charge is 0.463 e. The molecule has 0 spiro atoms. The average Bonchev–Trinajstić information content (AvgIpc) is 3.07. The Labute approximate surface area is 316 Å². The molecule has 0 unspecified atom stereocenters. The number of guanidine groups is 1. The molecular weight excluding hydrogens is 738 g/mol. The lowest BCUT2D eigenvalue weighted by molar-refractivity contribution is -0.255. The molecular formula is C34H49N3O18. The normalized spacial score (nSPS) is 29.4. The average molecular weight is 788 g/mol. The Morgan fingerprint density at radius 3 is 1.33 bits per heavy atom. The predicted molar refractivity (Wildman–Crippen MR) is 180 cm³/mol. The van der Waals surface area contributed by atoms with Crippen LogP contribution in [-0.4, -0.2) is 146 Å². The zero-order chi connectivity index (χ0) is 41.0. The molecule has 3 aliphatic rings. The van der Waals surface area contributed by atoms with Crippen molar-refractivity contribution < 1.29 is 85.7 Å². The molecule has 3 aliphatic heterocycles. The highest BCUT2D eigenvalue weighted by Gasteiger charge is 2.55. The lowest BCUT2D eigenvalue weighted by Crippen LogP contribution is -2.67. The predicted octanol–water partition coefficient (Wildman–Crippen LogP) is -0.416. The van der Waals surface area contributed by atoms with Gasteiger partial charge in [0.05, 0.1) is 0 Å². The molecule has 3 fully saturated rings. The summed E-state index contributed by atoms with van der Waals surface area (Å²) < 4.78 is 56.0. The van der Waals surface area contributed by atoms with E-state index in [1.165, 1.54) is 0 Å². The van der Waals surface area contributed by atoms with Crippen LogP contribution in [0.5, 0.6) is 0 Å². The molecule has 0 aliphatic carbocycles. The van der Waals surface area contributed by atoms with Gasteiger partial charge < -0.3 is 57.6 Å². The lowest BCUT2D eigenvalue weighted by atomic mass is 9.97. The van der Waals surface area contributed by atoms with Crippen molar-refractivity contribution in [3.63, 3.8) is 0 Å². The van der Waals surface area contributed by atoms with Crippen molar-refractivity contribution in [1.82, 2.24) is 10.2 Å². The Morgan fingerprint density at radius 2 is 0.891 bits per heavy atom. The highest BCUT2D eigenvalue weighted by atomic mass is 16.7. The molecule has 3 heterocycles. The fourth-order valence-electron chi connectivity index (χ4n) is 6.22. The second kappa shape index (κ2) is 20.6. The third-order valence-electron chi connectivity index (χ3n) is 8.13. The molecule has 3 saturated heterocycles. The van der Waals surface area contributed by atoms with Crippen LogP contribution in [0.25, 0.3) is 0 Å². The number of carbonyl (C=O) groups is 8. The first kappa shape index (κ1) is 44.3. The third kappa shape index (κ3) is 13.6. The minimum Gasteiger partial charge on any atom is -0.463 e. The summed E-state index contributed by atoms with van der Waals surface area (Å²) in [5, 5.41) is 3.07. The number of esters is 8. The van der Waals surface area contributed by atoms with Crippen LogP contribution in [0.3, 0.4) is 0 Å². The van der Waals surface area contributed by atoms with Crippen LogP contribution in [0.15, 0.2) is 4.99 Å². The number of likely N-dealkylation sites (tertiary alicyclic amines) is 1. The number of hydrogen-bond donors (Lipinski definition) is 1. The molecule has 3 rings (SSSR count). The maximum Gasteiger partial charge on any atom is 0.303 e. The molecule has 0 aromatic heterocycles. The van der Waals surface area contributed by atoms with Crippen molar-refractivity contribution in [3.8, 4) is 0 Å². The van der Waals surface area contributed by atoms with Crippen molar-refractivity contribution >= 4 is 53.7 Å². The van der Waals surface area contributed by atoms with E-state index < -0.39 is 122 Å². The van der Waals surface area contributed by atoms with Gasteiger partial charge in [-0.3, -0.25) is 38.4 Å². The highest BCUT2D eigenvalue weighted by Crippen LogP contribution is 2.32. The van der Waals surface area contributed by atoms with Gasteiger partial charge in [0.1, 0.15) is 25.4 Å². The number of ether oxygens (including phenoxy) is 10. The number of carbonyl (C=O) groups excluding carboxylic acids is 8. The van der Waals surface area contributed by atoms with Gasteiger partial charge in [0, 0.05) is 68.5 Å². The number of nitrogens with one attached hydrogen (secondary N) is 1. The van der Waals surface area contributed by atoms with E-state index in [4.69, 9.17) is 52.4 Å². The molecule has 1 N–H and O–H groups in total. The summed E-state index contributed by atoms with van der Waals surface area (Å²) in [7, 11) is 0. The number of aliphatic imine (C=N–C) groups is 1. The Hall–Kier alpha value is -5.05. The number of piperidine rings is 1. The summed E-state index contributed by atoms with van der Waals surface area (Å²) in [6.45, 7) is 8.60. The Balaban J connectivity index is 2.22. The van der Waals surface area contributed by atoms with Gasteiger partial charge in [-0.05, 0) is 19.3 Å². The Morgan fingerprint density at radius 1 is 0.509 bits per heavy atom. The van der Waals surface area contributed by atoms with Crippen LogP contribution in [0.1, 0.15) is 74.7 Å². The van der Waals surface area contributed by atoms with Crippen molar-refractivity contribution in [1.29, 1.82) is 0 Å². The molecule has 0 amide bonds. The molecule has 0 bridgehead atoms. The fourth-order valence-corrected chi connectivity index (χ4v) is 6.22. The summed E-state index contributed by atoms with van der Waals surface area (Å²) in [5.74, 6) is -6.44. The van der Waals surface area contributed by atoms with Gasteiger partial charge in [-0.2, -0.15) is 0 Å². The topological polar surface area (TPSA) is 256 Å². The first-order chi connectivity index (χ1) is 25.9. The monoisotopic (exact) mass is 787 g/mol. The van der Waals surface area contributed by atoms with E-state index in [1.54, 1.807) is 4.90 Å². The molecule has 308 valence electrons. The van der Waals surface area contributed by atoms with Gasteiger partial charge >= 0.3 is 47.8 Å². The van der Waals surface area contributed by atoms with Gasteiger partial charge in [-0.25, -0.2) is 4.99 Å². The summed E-state index contributed by atoms with van der Waals surface area (Å²) >= 11 is 0. The quantitative estimate of drug-likeness (QED) is 0.114. The molecule has 0 saturated carbocycles. The van der Waals surface area contributed by atoms with Gasteiger partial charge in [-0.1, -0.05) is 0 Å². The summed E-state index contributed by atoms with van der Waals surface area (Å²) in [6.07, 6.45) is -12.4. The van der Waals surface area contributed by atoms with Gasteiger partial charge in [0.2, 0.25) is 0 Å². The van der Waals surface area contributed by atoms with Crippen molar-refractivity contribution in [2.75, 3.05) is 26.3 Å². The third-order valence-corrected chi connectivity index (χ3v) is 8.13. The smallest absolute Gasteiger partial charge is 0.303 e. The molecule has 21 heteroatoms. The van der Waals surface area contributed by atoms with Crippen LogP contribution in [0, 0.1) is 0 Å². The highest BCUT2D eigenvalue weighted by molar-refractivity contribution is 5.81. The molecule has 21 nitrogen and oxygen atoms in total. The van der Waals surface area contributed by atoms with Gasteiger partial charge in [0.25, 0.3) is 0 Å². The summed E-state index contributed by atoms with van der Waals surface area (Å²) in [5.41, 5.74) is 0. The Kier molecular flexibility index (Phi) is 16.6. The van der Waals surface area contributed by atoms with Crippen LogP contribution in [0.2, 0.25) is 0 Å². The van der Waals surface area contributed by atoms with E-state index >= 15 is 0 Å². The molecule has 0 aromatic carbocycles. The maximum atomic E-state index is 12.5. The van der Waals surface area contributed by atoms with Crippen LogP contribution in [-0.2, 0) is 85.7 Å². The fraction of sp³-hybridized carbons (Fsp3) is 0.735. The van der Waals surface area contributed by atoms with E-state index in [-0.39, 0.29) is 5.96 Å². The van der Waals surface area contributed by atoms with Crippen LogP contribution >= 0.6 is 0 Å². The molecule has 0 aromatic rings. The van der Waals surface area contributed by atoms with Gasteiger partial charge in [-0.15, -0.1) is 0 Å². The molecule has 10 atom stereocenters. The second-order valence-corrected chi connectivity index (χ2v) is 12.9. The lowest BCUT2D eigenvalue weighted by Gasteiger charge is -2.46. The molecule has 55 heavy (non-hydrogen) atoms. The number of hydrogen-bond acceptors (Lipinski definition) is 19. The van der Waals surface area contributed by atoms with Crippen molar-refractivity contribution in [3.05, 3.63) is 0 Å². The first-order valence-electron chi connectivity index (χ1n) is 17.6. The van der Waals surface area contributed by atoms with E-state index in [0.29, 0.717) is 25.9 Å². The standard InChI is InChI=1S/C34H49N3O18/c1-16(38)46-14-24-26(48-18(3)40)28(50-20(5)42)30(52-22(7)44)32(54-24)35-34(37-12-10-9-11-13-37)36-33-31(53-23(8)45)29(51-21(6)43)27(49-19(4)41)25(55-33)15-47-17(2)39/h24-33H,9-15H2,1-8H3,(H,35,36)/t24-,25-,26-,27-,28+,29+,30-,31-,32-,33-/m1/s1. The van der Waals surface area contributed by atoms with Crippen LogP contribution in [0.4, 0.5) is 0 Å². The number of rotatable bonds is 12. The van der Waals surface area contributed by atoms with Crippen molar-refractivity contribution in [2.45, 2.75) is 136 Å². The minimum atomic E-state index is -1.56. The first-order valence-corrected chi connectivity index (χ1v) is 17.6. The molecule has 0 radical (unpaired) electrons. The zero-order valence-corrected chi connectivity index (χ0v) is 32.0. The zero-order valence-electron chi connectivity index (χ0n) is 32.0. The summed E-state index contributed by atoms with van der Waals surface area (Å²) in [6, 6.07) is 0. The van der Waals surface area contributed by atoms with E-state index in [2.05, 4.69) is 5.32 Å². The van der Waals surface area contributed by atoms with E-state index in [1.807, 2.05) is 0 Å². The Bertz CT molecular complexity index is 1460. The van der Waals surface area contributed by atoms with Crippen molar-refractivity contribution in [2.24, 2.45) is 4.99 Å². The summed E-state index contributed by atoms with van der Waals surface area (Å²) in [4.78, 5) is 104. The second-order valence-electron chi connectivity index (χ2n) is 12.9. The van der Waals surface area contributed by atoms with Crippen LogP contribution < -0.4 is 5.32 Å².